The zero-order valence-corrected chi connectivity index (χ0v) is 18.0. The zero-order valence-electron chi connectivity index (χ0n) is 18.0. The highest BCUT2D eigenvalue weighted by molar-refractivity contribution is 5.71. The number of anilines is 1. The fourth-order valence-electron chi connectivity index (χ4n) is 4.48. The molecule has 1 aromatic carbocycles. The standard InChI is InChI=1S/C23H37N3O2/c1-4-28-23(27)18-25-12-9-21(10-13-25)8-11-24-14-16-26(17-15-24)22-7-5-6-19(2)20(22)3/h5-7,21H,4,8-18H2,1-3H3. The van der Waals surface area contributed by atoms with Gasteiger partial charge >= 0.3 is 5.97 Å². The van der Waals surface area contributed by atoms with E-state index in [1.54, 1.807) is 0 Å². The third kappa shape index (κ3) is 5.71. The number of piperidine rings is 1. The van der Waals surface area contributed by atoms with Crippen molar-refractivity contribution in [2.24, 2.45) is 5.92 Å². The van der Waals surface area contributed by atoms with Crippen LogP contribution in [0.25, 0.3) is 0 Å². The van der Waals surface area contributed by atoms with Crippen LogP contribution < -0.4 is 4.90 Å². The Morgan fingerprint density at radius 1 is 1.04 bits per heavy atom. The summed E-state index contributed by atoms with van der Waals surface area (Å²) in [5.41, 5.74) is 4.22. The molecule has 156 valence electrons. The number of hydrogen-bond donors (Lipinski definition) is 0. The highest BCUT2D eigenvalue weighted by Crippen LogP contribution is 2.25. The monoisotopic (exact) mass is 387 g/mol. The van der Waals surface area contributed by atoms with Crippen molar-refractivity contribution in [2.75, 3.05) is 63.9 Å². The van der Waals surface area contributed by atoms with Crippen LogP contribution in [0.3, 0.4) is 0 Å². The lowest BCUT2D eigenvalue weighted by Crippen LogP contribution is -2.47. The van der Waals surface area contributed by atoms with Crippen LogP contribution in [0.1, 0.15) is 37.3 Å². The molecule has 3 rings (SSSR count). The van der Waals surface area contributed by atoms with Crippen LogP contribution in [-0.2, 0) is 9.53 Å². The summed E-state index contributed by atoms with van der Waals surface area (Å²) in [6.45, 7) is 15.1. The SMILES string of the molecule is CCOC(=O)CN1CCC(CCN2CCN(c3cccc(C)c3C)CC2)CC1. The molecule has 0 unspecified atom stereocenters. The molecule has 2 heterocycles. The molecule has 2 fully saturated rings. The molecule has 0 amide bonds. The van der Waals surface area contributed by atoms with E-state index in [1.807, 2.05) is 6.92 Å². The summed E-state index contributed by atoms with van der Waals surface area (Å²) in [6.07, 6.45) is 3.71. The second-order valence-corrected chi connectivity index (χ2v) is 8.36. The van der Waals surface area contributed by atoms with E-state index < -0.39 is 0 Å². The molecular weight excluding hydrogens is 350 g/mol. The molecule has 0 saturated carbocycles. The van der Waals surface area contributed by atoms with Crippen LogP contribution in [0, 0.1) is 19.8 Å². The van der Waals surface area contributed by atoms with Crippen LogP contribution in [0.2, 0.25) is 0 Å². The number of aryl methyl sites for hydroxylation is 1. The third-order valence-corrected chi connectivity index (χ3v) is 6.51. The van der Waals surface area contributed by atoms with Crippen LogP contribution in [-0.4, -0.2) is 74.7 Å². The number of ether oxygens (including phenoxy) is 1. The van der Waals surface area contributed by atoms with Gasteiger partial charge in [0.25, 0.3) is 0 Å². The molecule has 0 N–H and O–H groups in total. The minimum Gasteiger partial charge on any atom is -0.465 e. The lowest BCUT2D eigenvalue weighted by atomic mass is 9.93. The van der Waals surface area contributed by atoms with E-state index in [2.05, 4.69) is 46.7 Å². The first kappa shape index (κ1) is 21.1. The van der Waals surface area contributed by atoms with Crippen LogP contribution >= 0.6 is 0 Å². The predicted molar refractivity (Wildman–Crippen MR) is 115 cm³/mol. The highest BCUT2D eigenvalue weighted by Gasteiger charge is 2.23. The number of hydrogen-bond acceptors (Lipinski definition) is 5. The van der Waals surface area contributed by atoms with Gasteiger partial charge in [-0.05, 0) is 82.8 Å². The normalized spacial score (nSPS) is 19.8. The Morgan fingerprint density at radius 3 is 2.43 bits per heavy atom. The Morgan fingerprint density at radius 2 is 1.75 bits per heavy atom. The summed E-state index contributed by atoms with van der Waals surface area (Å²) in [6, 6.07) is 6.65. The molecule has 2 aliphatic heterocycles. The molecule has 0 aromatic heterocycles. The van der Waals surface area contributed by atoms with Gasteiger partial charge in [0.05, 0.1) is 13.2 Å². The average Bonchev–Trinajstić information content (AvgIpc) is 2.70. The third-order valence-electron chi connectivity index (χ3n) is 6.51. The van der Waals surface area contributed by atoms with Crippen molar-refractivity contribution in [1.82, 2.24) is 9.80 Å². The highest BCUT2D eigenvalue weighted by atomic mass is 16.5. The Hall–Kier alpha value is -1.59. The lowest BCUT2D eigenvalue weighted by Gasteiger charge is -2.38. The van der Waals surface area contributed by atoms with Crippen molar-refractivity contribution in [3.63, 3.8) is 0 Å². The van der Waals surface area contributed by atoms with Crippen molar-refractivity contribution in [1.29, 1.82) is 0 Å². The summed E-state index contributed by atoms with van der Waals surface area (Å²) in [4.78, 5) is 19.0. The average molecular weight is 388 g/mol. The predicted octanol–water partition coefficient (Wildman–Crippen LogP) is 3.09. The Kier molecular flexibility index (Phi) is 7.74. The van der Waals surface area contributed by atoms with E-state index in [0.717, 1.165) is 45.2 Å². The van der Waals surface area contributed by atoms with Gasteiger partial charge in [-0.3, -0.25) is 14.6 Å². The van der Waals surface area contributed by atoms with Crippen molar-refractivity contribution in [3.05, 3.63) is 29.3 Å². The smallest absolute Gasteiger partial charge is 0.320 e. The summed E-state index contributed by atoms with van der Waals surface area (Å²) in [5.74, 6) is 0.721. The summed E-state index contributed by atoms with van der Waals surface area (Å²) >= 11 is 0. The maximum absolute atomic E-state index is 11.6. The van der Waals surface area contributed by atoms with Gasteiger partial charge in [0, 0.05) is 31.9 Å². The molecule has 0 atom stereocenters. The minimum atomic E-state index is -0.0809. The van der Waals surface area contributed by atoms with Gasteiger partial charge in [0.1, 0.15) is 0 Å². The molecular formula is C23H37N3O2. The molecule has 5 heteroatoms. The van der Waals surface area contributed by atoms with Crippen molar-refractivity contribution < 1.29 is 9.53 Å². The van der Waals surface area contributed by atoms with Crippen molar-refractivity contribution in [2.45, 2.75) is 40.0 Å². The van der Waals surface area contributed by atoms with Crippen molar-refractivity contribution >= 4 is 11.7 Å². The van der Waals surface area contributed by atoms with Gasteiger partial charge < -0.3 is 9.64 Å². The molecule has 2 aliphatic rings. The minimum absolute atomic E-state index is 0.0809. The summed E-state index contributed by atoms with van der Waals surface area (Å²) in [7, 11) is 0. The van der Waals surface area contributed by atoms with Gasteiger partial charge in [0.2, 0.25) is 0 Å². The number of piperazine rings is 1. The van der Waals surface area contributed by atoms with Crippen LogP contribution in [0.15, 0.2) is 18.2 Å². The Labute approximate surface area is 170 Å². The molecule has 0 radical (unpaired) electrons. The van der Waals surface area contributed by atoms with Gasteiger partial charge in [0.15, 0.2) is 0 Å². The molecule has 0 spiro atoms. The number of carbonyl (C=O) groups is 1. The van der Waals surface area contributed by atoms with E-state index in [9.17, 15) is 4.79 Å². The van der Waals surface area contributed by atoms with Gasteiger partial charge in [-0.15, -0.1) is 0 Å². The van der Waals surface area contributed by atoms with E-state index in [1.165, 1.54) is 42.6 Å². The topological polar surface area (TPSA) is 36.0 Å². The Balaban J connectivity index is 1.35. The molecule has 0 bridgehead atoms. The first-order valence-electron chi connectivity index (χ1n) is 11.0. The first-order chi connectivity index (χ1) is 13.6. The Bertz CT molecular complexity index is 633. The molecule has 0 aliphatic carbocycles. The zero-order chi connectivity index (χ0) is 19.9. The quantitative estimate of drug-likeness (QED) is 0.672. The number of carbonyl (C=O) groups excluding carboxylic acids is 1. The fraction of sp³-hybridized carbons (Fsp3) is 0.696. The van der Waals surface area contributed by atoms with E-state index in [-0.39, 0.29) is 5.97 Å². The van der Waals surface area contributed by atoms with Gasteiger partial charge in [-0.2, -0.15) is 0 Å². The van der Waals surface area contributed by atoms with Gasteiger partial charge in [-0.1, -0.05) is 12.1 Å². The largest absolute Gasteiger partial charge is 0.465 e. The molecule has 5 nitrogen and oxygen atoms in total. The fourth-order valence-corrected chi connectivity index (χ4v) is 4.48. The summed E-state index contributed by atoms with van der Waals surface area (Å²) in [5, 5.41) is 0. The molecule has 2 saturated heterocycles. The lowest BCUT2D eigenvalue weighted by molar-refractivity contribution is -0.144. The van der Waals surface area contributed by atoms with E-state index >= 15 is 0 Å². The maximum atomic E-state index is 11.6. The van der Waals surface area contributed by atoms with Crippen molar-refractivity contribution in [3.8, 4) is 0 Å². The number of esters is 1. The summed E-state index contributed by atoms with van der Waals surface area (Å²) < 4.78 is 5.06. The second-order valence-electron chi connectivity index (χ2n) is 8.36. The van der Waals surface area contributed by atoms with Crippen LogP contribution in [0.5, 0.6) is 0 Å². The number of rotatable bonds is 7. The van der Waals surface area contributed by atoms with Gasteiger partial charge in [-0.25, -0.2) is 0 Å². The van der Waals surface area contributed by atoms with E-state index in [4.69, 9.17) is 4.74 Å². The number of likely N-dealkylation sites (tertiary alicyclic amines) is 1. The molecule has 28 heavy (non-hydrogen) atoms. The number of nitrogens with zero attached hydrogens (tertiary/aromatic N) is 3. The molecule has 1 aromatic rings. The van der Waals surface area contributed by atoms with Crippen LogP contribution in [0.4, 0.5) is 5.69 Å². The van der Waals surface area contributed by atoms with E-state index in [0.29, 0.717) is 13.2 Å². The second kappa shape index (κ2) is 10.3. The maximum Gasteiger partial charge on any atom is 0.320 e. The first-order valence-corrected chi connectivity index (χ1v) is 11.0. The number of benzene rings is 1.